The van der Waals surface area contributed by atoms with Gasteiger partial charge in [-0.05, 0) is 53.5 Å². The van der Waals surface area contributed by atoms with Crippen molar-refractivity contribution in [3.8, 4) is 0 Å². The summed E-state index contributed by atoms with van der Waals surface area (Å²) in [6.07, 6.45) is 4.54. The van der Waals surface area contributed by atoms with Gasteiger partial charge in [0.05, 0.1) is 17.2 Å². The average Bonchev–Trinajstić information content (AvgIpc) is 3.24. The molecule has 4 rings (SSSR count). The van der Waals surface area contributed by atoms with Gasteiger partial charge in [0.1, 0.15) is 5.76 Å². The largest absolute Gasteiger partial charge is 0.454 e. The number of carbonyl (C=O) groups excluding carboxylic acids is 1. The van der Waals surface area contributed by atoms with E-state index in [9.17, 15) is 4.79 Å². The second-order valence-electron chi connectivity index (χ2n) is 7.09. The molecule has 1 aliphatic heterocycles. The smallest absolute Gasteiger partial charge is 0.289 e. The molecule has 1 aliphatic rings. The van der Waals surface area contributed by atoms with Crippen molar-refractivity contribution in [1.29, 1.82) is 0 Å². The Morgan fingerprint density at radius 2 is 1.93 bits per heavy atom. The molecule has 0 saturated carbocycles. The van der Waals surface area contributed by atoms with Crippen molar-refractivity contribution in [2.75, 3.05) is 31.1 Å². The highest BCUT2D eigenvalue weighted by atomic mass is 79.9. The molecule has 0 bridgehead atoms. The lowest BCUT2D eigenvalue weighted by molar-refractivity contribution is 0.0733. The molecule has 146 valence electrons. The van der Waals surface area contributed by atoms with Crippen molar-refractivity contribution in [2.24, 2.45) is 0 Å². The Labute approximate surface area is 172 Å². The average molecular weight is 443 g/mol. The number of anilines is 1. The summed E-state index contributed by atoms with van der Waals surface area (Å²) < 4.78 is 8.48. The highest BCUT2D eigenvalue weighted by molar-refractivity contribution is 9.10. The standard InChI is InChI=1S/C21H23BrN4O2/c1-16-3-5-18(6-4-16)24-9-2-10-25(12-11-24)21(27)20-8-7-19(28-20)15-26-14-17(22)13-23-26/h3-8,13-14H,2,9-12,15H2,1H3. The van der Waals surface area contributed by atoms with Crippen LogP contribution < -0.4 is 4.90 Å². The van der Waals surface area contributed by atoms with Crippen LogP contribution in [0.15, 0.2) is 57.7 Å². The van der Waals surface area contributed by atoms with Gasteiger partial charge >= 0.3 is 0 Å². The number of benzene rings is 1. The van der Waals surface area contributed by atoms with E-state index >= 15 is 0 Å². The number of furan rings is 1. The summed E-state index contributed by atoms with van der Waals surface area (Å²) in [6, 6.07) is 12.2. The molecule has 3 aromatic rings. The molecule has 1 fully saturated rings. The van der Waals surface area contributed by atoms with Gasteiger partial charge in [0.2, 0.25) is 0 Å². The van der Waals surface area contributed by atoms with Gasteiger partial charge in [-0.15, -0.1) is 0 Å². The number of aromatic nitrogens is 2. The van der Waals surface area contributed by atoms with E-state index in [-0.39, 0.29) is 5.91 Å². The third-order valence-corrected chi connectivity index (χ3v) is 5.38. The summed E-state index contributed by atoms with van der Waals surface area (Å²) in [6.45, 7) is 5.79. The molecule has 6 nitrogen and oxygen atoms in total. The number of halogens is 1. The third-order valence-electron chi connectivity index (χ3n) is 4.97. The maximum Gasteiger partial charge on any atom is 0.289 e. The van der Waals surface area contributed by atoms with Gasteiger partial charge in [0.15, 0.2) is 5.76 Å². The molecule has 2 aromatic heterocycles. The van der Waals surface area contributed by atoms with Crippen LogP contribution in [0.25, 0.3) is 0 Å². The van der Waals surface area contributed by atoms with Gasteiger partial charge in [-0.25, -0.2) is 0 Å². The molecular weight excluding hydrogens is 420 g/mol. The molecule has 0 radical (unpaired) electrons. The number of carbonyl (C=O) groups is 1. The number of aryl methyl sites for hydroxylation is 1. The van der Waals surface area contributed by atoms with Crippen molar-refractivity contribution in [1.82, 2.24) is 14.7 Å². The van der Waals surface area contributed by atoms with Crippen LogP contribution >= 0.6 is 15.9 Å². The minimum absolute atomic E-state index is 0.0429. The van der Waals surface area contributed by atoms with Crippen LogP contribution in [0, 0.1) is 6.92 Å². The normalized spacial score (nSPS) is 14.9. The molecule has 28 heavy (non-hydrogen) atoms. The van der Waals surface area contributed by atoms with E-state index in [4.69, 9.17) is 4.42 Å². The first-order chi connectivity index (χ1) is 13.6. The molecule has 0 atom stereocenters. The summed E-state index contributed by atoms with van der Waals surface area (Å²) in [5.41, 5.74) is 2.47. The minimum atomic E-state index is -0.0429. The lowest BCUT2D eigenvalue weighted by atomic mass is 10.2. The van der Waals surface area contributed by atoms with Crippen LogP contribution in [0.3, 0.4) is 0 Å². The van der Waals surface area contributed by atoms with Crippen LogP contribution in [0.2, 0.25) is 0 Å². The number of rotatable bonds is 4. The van der Waals surface area contributed by atoms with Gasteiger partial charge in [-0.2, -0.15) is 5.10 Å². The Balaban J connectivity index is 1.39. The number of hydrogen-bond acceptors (Lipinski definition) is 4. The number of nitrogens with zero attached hydrogens (tertiary/aromatic N) is 4. The fraction of sp³-hybridized carbons (Fsp3) is 0.333. The van der Waals surface area contributed by atoms with E-state index in [0.29, 0.717) is 18.8 Å². The van der Waals surface area contributed by atoms with Crippen LogP contribution in [-0.2, 0) is 6.54 Å². The van der Waals surface area contributed by atoms with Crippen molar-refractivity contribution < 1.29 is 9.21 Å². The monoisotopic (exact) mass is 442 g/mol. The van der Waals surface area contributed by atoms with E-state index in [1.807, 2.05) is 17.2 Å². The quantitative estimate of drug-likeness (QED) is 0.613. The van der Waals surface area contributed by atoms with Gasteiger partial charge in [-0.3, -0.25) is 9.48 Å². The molecular formula is C21H23BrN4O2. The summed E-state index contributed by atoms with van der Waals surface area (Å²) in [5, 5.41) is 4.22. The minimum Gasteiger partial charge on any atom is -0.454 e. The molecule has 1 saturated heterocycles. The summed E-state index contributed by atoms with van der Waals surface area (Å²) in [4.78, 5) is 17.1. The fourth-order valence-corrected chi connectivity index (χ4v) is 3.78. The first-order valence-electron chi connectivity index (χ1n) is 9.46. The lowest BCUT2D eigenvalue weighted by Crippen LogP contribution is -2.35. The number of amides is 1. The summed E-state index contributed by atoms with van der Waals surface area (Å²) >= 11 is 3.38. The molecule has 0 N–H and O–H groups in total. The van der Waals surface area contributed by atoms with E-state index in [1.54, 1.807) is 16.9 Å². The van der Waals surface area contributed by atoms with Crippen molar-refractivity contribution in [2.45, 2.75) is 19.9 Å². The Hall–Kier alpha value is -2.54. The van der Waals surface area contributed by atoms with E-state index in [2.05, 4.69) is 57.1 Å². The zero-order valence-electron chi connectivity index (χ0n) is 15.8. The zero-order chi connectivity index (χ0) is 19.5. The van der Waals surface area contributed by atoms with Crippen molar-refractivity contribution in [3.05, 3.63) is 70.3 Å². The van der Waals surface area contributed by atoms with Crippen molar-refractivity contribution in [3.63, 3.8) is 0 Å². The topological polar surface area (TPSA) is 54.5 Å². The Morgan fingerprint density at radius 1 is 1.11 bits per heavy atom. The van der Waals surface area contributed by atoms with Crippen molar-refractivity contribution >= 4 is 27.5 Å². The second-order valence-corrected chi connectivity index (χ2v) is 8.01. The van der Waals surface area contributed by atoms with Crippen LogP contribution in [0.5, 0.6) is 0 Å². The van der Waals surface area contributed by atoms with Crippen LogP contribution in [0.4, 0.5) is 5.69 Å². The maximum atomic E-state index is 12.9. The third kappa shape index (κ3) is 4.30. The molecule has 1 amide bonds. The second kappa shape index (κ2) is 8.22. The number of hydrogen-bond donors (Lipinski definition) is 0. The molecule has 1 aromatic carbocycles. The van der Waals surface area contributed by atoms with E-state index < -0.39 is 0 Å². The van der Waals surface area contributed by atoms with Crippen LogP contribution in [-0.4, -0.2) is 46.8 Å². The Morgan fingerprint density at radius 3 is 2.68 bits per heavy atom. The highest BCUT2D eigenvalue weighted by Crippen LogP contribution is 2.19. The van der Waals surface area contributed by atoms with E-state index in [1.165, 1.54) is 11.3 Å². The first kappa shape index (κ1) is 18.8. The van der Waals surface area contributed by atoms with Gasteiger partial charge in [0, 0.05) is 38.1 Å². The Bertz CT molecular complexity index is 947. The molecule has 0 spiro atoms. The predicted molar refractivity (Wildman–Crippen MR) is 112 cm³/mol. The summed E-state index contributed by atoms with van der Waals surface area (Å²) in [5.74, 6) is 1.07. The lowest BCUT2D eigenvalue weighted by Gasteiger charge is -2.23. The summed E-state index contributed by atoms with van der Waals surface area (Å²) in [7, 11) is 0. The molecule has 0 unspecified atom stereocenters. The highest BCUT2D eigenvalue weighted by Gasteiger charge is 2.23. The van der Waals surface area contributed by atoms with Gasteiger partial charge < -0.3 is 14.2 Å². The van der Waals surface area contributed by atoms with Gasteiger partial charge in [0.25, 0.3) is 5.91 Å². The molecule has 3 heterocycles. The van der Waals surface area contributed by atoms with Gasteiger partial charge in [-0.1, -0.05) is 17.7 Å². The molecule has 0 aliphatic carbocycles. The predicted octanol–water partition coefficient (Wildman–Crippen LogP) is 3.95. The SMILES string of the molecule is Cc1ccc(N2CCCN(C(=O)c3ccc(Cn4cc(Br)cn4)o3)CC2)cc1. The zero-order valence-corrected chi connectivity index (χ0v) is 17.4. The van der Waals surface area contributed by atoms with E-state index in [0.717, 1.165) is 36.3 Å². The Kier molecular flexibility index (Phi) is 5.52. The van der Waals surface area contributed by atoms with Crippen LogP contribution in [0.1, 0.15) is 28.3 Å². The first-order valence-corrected chi connectivity index (χ1v) is 10.3. The fourth-order valence-electron chi connectivity index (χ4n) is 3.45. The molecule has 7 heteroatoms. The maximum absolute atomic E-state index is 12.9.